The van der Waals surface area contributed by atoms with Crippen molar-refractivity contribution >= 4 is 6.40 Å². The largest absolute Gasteiger partial charge is 0.484 e. The zero-order valence-corrected chi connectivity index (χ0v) is 12.3. The van der Waals surface area contributed by atoms with E-state index in [9.17, 15) is 0 Å². The summed E-state index contributed by atoms with van der Waals surface area (Å²) in [7, 11) is 0. The van der Waals surface area contributed by atoms with Crippen LogP contribution in [0.3, 0.4) is 0 Å². The lowest BCUT2D eigenvalue weighted by atomic mass is 10.0. The van der Waals surface area contributed by atoms with Crippen LogP contribution in [0.15, 0.2) is 65.7 Å². The van der Waals surface area contributed by atoms with E-state index in [-0.39, 0.29) is 6.10 Å². The second-order valence-electron chi connectivity index (χ2n) is 4.54. The predicted molar refractivity (Wildman–Crippen MR) is 85.7 cm³/mol. The summed E-state index contributed by atoms with van der Waals surface area (Å²) >= 11 is 0. The number of hydrogen-bond donors (Lipinski definition) is 0. The molecular weight excluding hydrogens is 262 g/mol. The monoisotopic (exact) mass is 283 g/mol. The van der Waals surface area contributed by atoms with Crippen LogP contribution < -0.4 is 0 Å². The Morgan fingerprint density at radius 1 is 0.952 bits per heavy atom. The zero-order chi connectivity index (χ0) is 14.8. The number of rotatable bonds is 8. The minimum absolute atomic E-state index is 0.0605. The second kappa shape index (κ2) is 8.93. The van der Waals surface area contributed by atoms with Crippen LogP contribution in [0.25, 0.3) is 0 Å². The maximum absolute atomic E-state index is 6.03. The van der Waals surface area contributed by atoms with Crippen molar-refractivity contribution in [2.45, 2.75) is 13.0 Å². The smallest absolute Gasteiger partial charge is 0.169 e. The highest BCUT2D eigenvalue weighted by atomic mass is 16.5. The Balaban J connectivity index is 2.00. The molecule has 0 aromatic heterocycles. The fourth-order valence-corrected chi connectivity index (χ4v) is 2.04. The highest BCUT2D eigenvalue weighted by Crippen LogP contribution is 2.25. The Labute approximate surface area is 126 Å². The molecule has 3 heteroatoms. The summed E-state index contributed by atoms with van der Waals surface area (Å²) < 4.78 is 11.1. The van der Waals surface area contributed by atoms with E-state index in [1.54, 1.807) is 0 Å². The number of ether oxygens (including phenoxy) is 2. The van der Waals surface area contributed by atoms with Crippen molar-refractivity contribution in [3.8, 4) is 0 Å². The van der Waals surface area contributed by atoms with Gasteiger partial charge in [0.25, 0.3) is 0 Å². The summed E-state index contributed by atoms with van der Waals surface area (Å²) in [4.78, 5) is 4.15. The molecule has 0 amide bonds. The normalized spacial score (nSPS) is 11.1. The van der Waals surface area contributed by atoms with Gasteiger partial charge in [-0.15, -0.1) is 0 Å². The van der Waals surface area contributed by atoms with Gasteiger partial charge in [-0.3, -0.25) is 4.99 Å². The van der Waals surface area contributed by atoms with Crippen molar-refractivity contribution in [3.63, 3.8) is 0 Å². The first-order valence-electron chi connectivity index (χ1n) is 7.23. The molecule has 0 aliphatic heterocycles. The van der Waals surface area contributed by atoms with E-state index in [0.29, 0.717) is 19.8 Å². The lowest BCUT2D eigenvalue weighted by molar-refractivity contribution is 0.0865. The standard InChI is InChI=1S/C18H21NO2/c1-2-20-15-19-13-14-21-18(16-9-5-3-6-10-16)17-11-7-4-8-12-17/h3-12,15,18H,2,13-14H2,1H3. The van der Waals surface area contributed by atoms with Gasteiger partial charge in [0.15, 0.2) is 6.40 Å². The zero-order valence-electron chi connectivity index (χ0n) is 12.3. The van der Waals surface area contributed by atoms with Gasteiger partial charge >= 0.3 is 0 Å². The van der Waals surface area contributed by atoms with Crippen LogP contribution in [0.1, 0.15) is 24.2 Å². The van der Waals surface area contributed by atoms with Gasteiger partial charge < -0.3 is 9.47 Å². The average molecular weight is 283 g/mol. The fourth-order valence-electron chi connectivity index (χ4n) is 2.04. The second-order valence-corrected chi connectivity index (χ2v) is 4.54. The lowest BCUT2D eigenvalue weighted by Gasteiger charge is -2.18. The molecule has 0 radical (unpaired) electrons. The predicted octanol–water partition coefficient (Wildman–Crippen LogP) is 3.86. The third kappa shape index (κ3) is 5.04. The molecule has 21 heavy (non-hydrogen) atoms. The number of benzene rings is 2. The Morgan fingerprint density at radius 2 is 1.52 bits per heavy atom. The summed E-state index contributed by atoms with van der Waals surface area (Å²) in [6, 6.07) is 20.5. The summed E-state index contributed by atoms with van der Waals surface area (Å²) in [5, 5.41) is 0. The van der Waals surface area contributed by atoms with Gasteiger partial charge in [0, 0.05) is 0 Å². The highest BCUT2D eigenvalue weighted by molar-refractivity contribution is 5.46. The van der Waals surface area contributed by atoms with Crippen LogP contribution >= 0.6 is 0 Å². The molecule has 0 aliphatic carbocycles. The van der Waals surface area contributed by atoms with Crippen molar-refractivity contribution in [3.05, 3.63) is 71.8 Å². The topological polar surface area (TPSA) is 30.8 Å². The summed E-state index contributed by atoms with van der Waals surface area (Å²) in [6.07, 6.45) is 1.43. The Bertz CT molecular complexity index is 486. The van der Waals surface area contributed by atoms with Crippen molar-refractivity contribution in [2.24, 2.45) is 4.99 Å². The molecule has 0 fully saturated rings. The maximum Gasteiger partial charge on any atom is 0.169 e. The number of aliphatic imine (C=N–C) groups is 1. The molecule has 0 unspecified atom stereocenters. The van der Waals surface area contributed by atoms with Crippen LogP contribution in [0.2, 0.25) is 0 Å². The number of nitrogens with zero attached hydrogens (tertiary/aromatic N) is 1. The number of hydrogen-bond acceptors (Lipinski definition) is 3. The molecular formula is C18H21NO2. The van der Waals surface area contributed by atoms with Crippen molar-refractivity contribution in [1.29, 1.82) is 0 Å². The molecule has 2 aromatic rings. The van der Waals surface area contributed by atoms with Gasteiger partial charge in [-0.2, -0.15) is 0 Å². The molecule has 110 valence electrons. The van der Waals surface area contributed by atoms with E-state index in [1.807, 2.05) is 43.3 Å². The van der Waals surface area contributed by atoms with E-state index in [0.717, 1.165) is 11.1 Å². The third-order valence-corrected chi connectivity index (χ3v) is 3.03. The minimum atomic E-state index is -0.0605. The molecule has 0 N–H and O–H groups in total. The van der Waals surface area contributed by atoms with E-state index < -0.39 is 0 Å². The first kappa shape index (κ1) is 15.3. The first-order chi connectivity index (χ1) is 10.4. The molecule has 3 nitrogen and oxygen atoms in total. The van der Waals surface area contributed by atoms with Crippen LogP contribution in [0, 0.1) is 0 Å². The Hall–Kier alpha value is -2.13. The average Bonchev–Trinajstić information content (AvgIpc) is 2.56. The van der Waals surface area contributed by atoms with Crippen LogP contribution in [-0.2, 0) is 9.47 Å². The SMILES string of the molecule is CCOC=NCCOC(c1ccccc1)c1ccccc1. The summed E-state index contributed by atoms with van der Waals surface area (Å²) in [5.74, 6) is 0. The molecule has 2 rings (SSSR count). The van der Waals surface area contributed by atoms with Crippen LogP contribution in [-0.4, -0.2) is 26.2 Å². The maximum atomic E-state index is 6.03. The van der Waals surface area contributed by atoms with Gasteiger partial charge in [0.2, 0.25) is 0 Å². The fraction of sp³-hybridized carbons (Fsp3) is 0.278. The highest BCUT2D eigenvalue weighted by Gasteiger charge is 2.13. The molecule has 0 heterocycles. The van der Waals surface area contributed by atoms with Crippen molar-refractivity contribution in [1.82, 2.24) is 0 Å². The van der Waals surface area contributed by atoms with E-state index in [1.165, 1.54) is 6.40 Å². The minimum Gasteiger partial charge on any atom is -0.484 e. The van der Waals surface area contributed by atoms with Gasteiger partial charge in [0.1, 0.15) is 6.10 Å². The molecule has 0 bridgehead atoms. The van der Waals surface area contributed by atoms with Crippen LogP contribution in [0.4, 0.5) is 0 Å². The van der Waals surface area contributed by atoms with Gasteiger partial charge in [-0.1, -0.05) is 60.7 Å². The van der Waals surface area contributed by atoms with Crippen LogP contribution in [0.5, 0.6) is 0 Å². The van der Waals surface area contributed by atoms with Gasteiger partial charge in [0.05, 0.1) is 19.8 Å². The molecule has 0 atom stereocenters. The Morgan fingerprint density at radius 3 is 2.05 bits per heavy atom. The van der Waals surface area contributed by atoms with E-state index in [4.69, 9.17) is 9.47 Å². The van der Waals surface area contributed by atoms with Gasteiger partial charge in [-0.25, -0.2) is 0 Å². The van der Waals surface area contributed by atoms with E-state index >= 15 is 0 Å². The molecule has 0 saturated carbocycles. The molecule has 0 saturated heterocycles. The molecule has 0 aliphatic rings. The lowest BCUT2D eigenvalue weighted by Crippen LogP contribution is -2.09. The molecule has 2 aromatic carbocycles. The summed E-state index contributed by atoms with van der Waals surface area (Å²) in [6.45, 7) is 3.72. The third-order valence-electron chi connectivity index (χ3n) is 3.03. The van der Waals surface area contributed by atoms with Crippen molar-refractivity contribution < 1.29 is 9.47 Å². The first-order valence-corrected chi connectivity index (χ1v) is 7.23. The Kier molecular flexibility index (Phi) is 6.49. The van der Waals surface area contributed by atoms with Gasteiger partial charge in [-0.05, 0) is 18.1 Å². The quantitative estimate of drug-likeness (QED) is 0.418. The summed E-state index contributed by atoms with van der Waals surface area (Å²) in [5.41, 5.74) is 2.30. The van der Waals surface area contributed by atoms with Crippen molar-refractivity contribution in [2.75, 3.05) is 19.8 Å². The van der Waals surface area contributed by atoms with E-state index in [2.05, 4.69) is 29.3 Å². The molecule has 0 spiro atoms.